The number of aromatic nitrogens is 15. The first-order valence-corrected chi connectivity index (χ1v) is 47.1. The largest absolute Gasteiger partial charge is 0.478 e. The van der Waals surface area contributed by atoms with Gasteiger partial charge in [0.1, 0.15) is 35.9 Å². The topological polar surface area (TPSA) is 550 Å². The Hall–Kier alpha value is -17.0. The molecule has 9 heterocycles. The van der Waals surface area contributed by atoms with Crippen molar-refractivity contribution < 1.29 is 106 Å². The van der Waals surface area contributed by atoms with Crippen LogP contribution in [0.3, 0.4) is 0 Å². The van der Waals surface area contributed by atoms with Crippen LogP contribution < -0.4 is 0 Å². The zero-order chi connectivity index (χ0) is 104. The number of hydrogen-bond donors (Lipinski definition) is 4. The molecule has 16 rings (SSSR count). The SMILES string of the molecule is CC(C)(C)C(=O)OCn1ccc2c(-c3cnn(C(CC#N)C4CCCC4)c3)ncnc21.CC(C)(C)C(=O)OCn1ccc2c(-c3cnn([C@H](CC#N)C4CCCC4)c3)ncnc21.CC(C)(C)C(=O)OCn1ccc2c(-c3cnn([C@H](CC#N)C4CCCC4)c3)ncnc21.O=C(OC(C(=O)O)[C@H](OC(=O)c1ccccc1)C(=O)O)c1ccccc1.O=C(OC(C(=O)O)[C@H](OC(=O)c1ccccc1)C(=O)O)c1ccccc1. The standard InChI is InChI=1S/3C23H28N6O2.2C18H14O8/c3*1-23(2,3)22(30)31-15-28-11-9-18-20(25-14-26-21(18)28)17-12-27-29(13-17)19(8-10-24)16-6-4-5-7-16;2*19-15(20)13(25-17(23)11-7-3-1-4-8-11)14(16(21)22)26-18(24)12-9-5-2-6-10-12/h3*9,11-14,16,19H,4-8,15H2,1-3H3;2*1-10,13-14H,(H,19,20)(H,21,22)/t2*19-;;2*13-,14?/m11.00/s1. The van der Waals surface area contributed by atoms with Crippen molar-refractivity contribution in [2.75, 3.05) is 0 Å². The Bertz CT molecular complexity index is 6130. The van der Waals surface area contributed by atoms with Crippen molar-refractivity contribution in [3.63, 3.8) is 0 Å². The van der Waals surface area contributed by atoms with E-state index in [1.54, 1.807) is 56.6 Å². The molecule has 7 atom stereocenters. The Morgan fingerprint density at radius 2 is 0.559 bits per heavy atom. The van der Waals surface area contributed by atoms with Gasteiger partial charge in [-0.2, -0.15) is 31.1 Å². The normalized spacial score (nSPS) is 14.6. The van der Waals surface area contributed by atoms with Crippen LogP contribution in [0.2, 0.25) is 0 Å². The molecule has 3 aliphatic rings. The van der Waals surface area contributed by atoms with Crippen LogP contribution in [0.1, 0.15) is 218 Å². The molecule has 3 unspecified atom stereocenters. The fourth-order valence-electron chi connectivity index (χ4n) is 16.7. The van der Waals surface area contributed by atoms with E-state index in [1.807, 2.05) is 132 Å². The van der Waals surface area contributed by atoms with Crippen LogP contribution in [0.25, 0.3) is 66.9 Å². The lowest BCUT2D eigenvalue weighted by molar-refractivity contribution is -0.166. The molecule has 0 aliphatic heterocycles. The molecule has 40 heteroatoms. The van der Waals surface area contributed by atoms with Crippen LogP contribution in [0.4, 0.5) is 0 Å². The zero-order valence-electron chi connectivity index (χ0n) is 81.4. The van der Waals surface area contributed by atoms with E-state index in [9.17, 15) is 89.0 Å². The minimum atomic E-state index is -2.21. The summed E-state index contributed by atoms with van der Waals surface area (Å²) in [4.78, 5) is 157. The van der Waals surface area contributed by atoms with Gasteiger partial charge in [-0.3, -0.25) is 42.1 Å². The Kier molecular flexibility index (Phi) is 36.4. The number of benzene rings is 4. The summed E-state index contributed by atoms with van der Waals surface area (Å²) in [5.74, 6) is -10.6. The monoisotopic (exact) mass is 1980 g/mol. The number of carbonyl (C=O) groups is 11. The van der Waals surface area contributed by atoms with Crippen LogP contribution >= 0.6 is 0 Å². The summed E-state index contributed by atoms with van der Waals surface area (Å²) in [7, 11) is 0. The fraction of sp³-hybridized carbons (Fsp3) is 0.381. The van der Waals surface area contributed by atoms with E-state index in [-0.39, 0.29) is 78.5 Å². The number of nitrogens with zero attached hydrogens (tertiary/aromatic N) is 18. The number of carboxylic acid groups (broad SMARTS) is 4. The van der Waals surface area contributed by atoms with Gasteiger partial charge in [0.25, 0.3) is 0 Å². The highest BCUT2D eigenvalue weighted by molar-refractivity contribution is 5.98. The summed E-state index contributed by atoms with van der Waals surface area (Å²) < 4.78 is 46.6. The van der Waals surface area contributed by atoms with E-state index >= 15 is 0 Å². The van der Waals surface area contributed by atoms with Crippen LogP contribution in [0.15, 0.2) is 214 Å². The Balaban J connectivity index is 0.000000162. The number of rotatable bonds is 32. The molecule has 754 valence electrons. The number of nitriles is 3. The average molecular weight is 1980 g/mol. The smallest absolute Gasteiger partial charge is 0.349 e. The molecule has 3 aliphatic carbocycles. The maximum absolute atomic E-state index is 12.1. The highest BCUT2D eigenvalue weighted by atomic mass is 16.6. The summed E-state index contributed by atoms with van der Waals surface area (Å²) in [5.41, 5.74) is 5.51. The van der Waals surface area contributed by atoms with Gasteiger partial charge < -0.3 is 53.6 Å². The highest BCUT2D eigenvalue weighted by Gasteiger charge is 2.44. The van der Waals surface area contributed by atoms with Crippen LogP contribution in [-0.4, -0.2) is 183 Å². The molecule has 0 amide bonds. The minimum Gasteiger partial charge on any atom is -0.478 e. The van der Waals surface area contributed by atoms with E-state index in [4.69, 9.17) is 33.2 Å². The van der Waals surface area contributed by atoms with Gasteiger partial charge in [-0.1, -0.05) is 111 Å². The summed E-state index contributed by atoms with van der Waals surface area (Å²) in [6.45, 7) is 16.7. The molecule has 3 fully saturated rings. The van der Waals surface area contributed by atoms with Crippen LogP contribution in [-0.2, 0) is 86.9 Å². The molecular weight excluding hydrogens is 1870 g/mol. The first kappa shape index (κ1) is 107. The predicted octanol–water partition coefficient (Wildman–Crippen LogP) is 16.7. The lowest BCUT2D eigenvalue weighted by atomic mass is 9.96. The third-order valence-electron chi connectivity index (χ3n) is 24.4. The number of carbonyl (C=O) groups excluding carboxylic acids is 7. The summed E-state index contributed by atoms with van der Waals surface area (Å²) in [6, 6.07) is 42.7. The quantitative estimate of drug-likeness (QED) is 0.0225. The maximum Gasteiger partial charge on any atom is 0.349 e. The zero-order valence-corrected chi connectivity index (χ0v) is 81.4. The van der Waals surface area contributed by atoms with Crippen molar-refractivity contribution in [1.82, 2.24) is 72.9 Å². The Morgan fingerprint density at radius 3 is 0.759 bits per heavy atom. The molecule has 0 saturated heterocycles. The summed E-state index contributed by atoms with van der Waals surface area (Å²) in [5, 5.41) is 81.3. The lowest BCUT2D eigenvalue weighted by Gasteiger charge is -2.21. The molecule has 0 bridgehead atoms. The van der Waals surface area contributed by atoms with E-state index in [0.717, 1.165) is 88.5 Å². The van der Waals surface area contributed by atoms with Crippen molar-refractivity contribution in [1.29, 1.82) is 15.8 Å². The molecule has 0 spiro atoms. The number of fused-ring (bicyclic) bond motifs is 3. The predicted molar refractivity (Wildman–Crippen MR) is 520 cm³/mol. The molecule has 4 aromatic carbocycles. The van der Waals surface area contributed by atoms with Gasteiger partial charge in [-0.25, -0.2) is 68.3 Å². The van der Waals surface area contributed by atoms with Crippen molar-refractivity contribution in [3.05, 3.63) is 237 Å². The highest BCUT2D eigenvalue weighted by Crippen LogP contribution is 2.41. The Labute approximate surface area is 833 Å². The summed E-state index contributed by atoms with van der Waals surface area (Å²) >= 11 is 0. The number of esters is 7. The van der Waals surface area contributed by atoms with Crippen molar-refractivity contribution in [2.45, 2.75) is 221 Å². The van der Waals surface area contributed by atoms with Gasteiger partial charge in [0.2, 0.25) is 24.4 Å². The number of ether oxygens (including phenoxy) is 7. The summed E-state index contributed by atoms with van der Waals surface area (Å²) in [6.07, 6.45) is 28.2. The van der Waals surface area contributed by atoms with Gasteiger partial charge in [0.05, 0.1) is 130 Å². The van der Waals surface area contributed by atoms with Gasteiger partial charge in [-0.05, 0) is 185 Å². The van der Waals surface area contributed by atoms with Crippen molar-refractivity contribution in [2.24, 2.45) is 34.0 Å². The average Bonchev–Trinajstić information content (AvgIpc) is 1.64. The second-order valence-electron chi connectivity index (χ2n) is 37.8. The lowest BCUT2D eigenvalue weighted by Crippen LogP contribution is -2.45. The van der Waals surface area contributed by atoms with E-state index in [0.29, 0.717) is 54.0 Å². The molecule has 13 aromatic rings. The third kappa shape index (κ3) is 28.0. The van der Waals surface area contributed by atoms with E-state index in [2.05, 4.69) is 63.4 Å². The van der Waals surface area contributed by atoms with Crippen molar-refractivity contribution in [3.8, 4) is 52.0 Å². The molecule has 9 aromatic heterocycles. The molecule has 0 radical (unpaired) electrons. The maximum atomic E-state index is 12.1. The molecule has 3 saturated carbocycles. The van der Waals surface area contributed by atoms with Gasteiger partial charge in [-0.15, -0.1) is 0 Å². The second-order valence-corrected chi connectivity index (χ2v) is 37.8. The van der Waals surface area contributed by atoms with E-state index in [1.165, 1.54) is 155 Å². The number of hydrogen-bond acceptors (Lipinski definition) is 30. The van der Waals surface area contributed by atoms with Gasteiger partial charge >= 0.3 is 65.7 Å². The minimum absolute atomic E-state index is 0.0253. The molecular formula is C105H112N18O22. The molecule has 145 heavy (non-hydrogen) atoms. The van der Waals surface area contributed by atoms with Gasteiger partial charge in [0.15, 0.2) is 20.2 Å². The Morgan fingerprint density at radius 1 is 0.338 bits per heavy atom. The van der Waals surface area contributed by atoms with Crippen LogP contribution in [0, 0.1) is 68.0 Å². The first-order valence-electron chi connectivity index (χ1n) is 47.1. The fourth-order valence-corrected chi connectivity index (χ4v) is 16.7. The second kappa shape index (κ2) is 49.4. The van der Waals surface area contributed by atoms with E-state index < -0.39 is 88.4 Å². The number of aliphatic carboxylic acids is 4. The number of carboxylic acids is 4. The van der Waals surface area contributed by atoms with Crippen molar-refractivity contribution >= 4 is 98.8 Å². The molecule has 4 N–H and O–H groups in total. The van der Waals surface area contributed by atoms with Crippen LogP contribution in [0.5, 0.6) is 0 Å². The first-order chi connectivity index (χ1) is 69.4. The third-order valence-corrected chi connectivity index (χ3v) is 24.4. The van der Waals surface area contributed by atoms with Gasteiger partial charge in [0, 0.05) is 70.0 Å². The molecule has 40 nitrogen and oxygen atoms in total.